The number of amides is 2. The molecule has 4 rings (SSSR count). The molecule has 22 heteroatoms. The Labute approximate surface area is 259 Å². The molecule has 1 saturated heterocycles. The quantitative estimate of drug-likeness (QED) is 0.0324. The molecule has 1 fully saturated rings. The third kappa shape index (κ3) is 7.77. The lowest BCUT2D eigenvalue weighted by molar-refractivity contribution is -0.152. The third-order valence-electron chi connectivity index (χ3n) is 6.07. The van der Waals surface area contributed by atoms with Crippen LogP contribution in [0.3, 0.4) is 0 Å². The Morgan fingerprint density at radius 2 is 2.11 bits per heavy atom. The Bertz CT molecular complexity index is 1660. The van der Waals surface area contributed by atoms with Gasteiger partial charge in [0, 0.05) is 12.0 Å². The number of ether oxygens (including phenoxy) is 1. The van der Waals surface area contributed by atoms with Crippen LogP contribution in [0, 0.1) is 17.5 Å². The number of nitrogen functional groups attached to an aromatic ring is 1. The third-order valence-corrected chi connectivity index (χ3v) is 7.96. The van der Waals surface area contributed by atoms with Gasteiger partial charge in [-0.2, -0.15) is 23.4 Å². The normalized spacial score (nSPS) is 22.0. The predicted octanol–water partition coefficient (Wildman–Crippen LogP) is -3.17. The highest BCUT2D eigenvalue weighted by Crippen LogP contribution is 2.28. The van der Waals surface area contributed by atoms with Crippen LogP contribution < -0.4 is 32.6 Å². The molecule has 45 heavy (non-hydrogen) atoms. The minimum atomic E-state index is -5.03. The number of hydrogen-bond acceptors (Lipinski definition) is 15. The van der Waals surface area contributed by atoms with Crippen molar-refractivity contribution >= 4 is 51.4 Å². The Morgan fingerprint density at radius 3 is 2.64 bits per heavy atom. The molecule has 20 nitrogen and oxygen atoms in total. The average Bonchev–Trinajstić information content (AvgIpc) is 3.57. The first-order valence-electron chi connectivity index (χ1n) is 12.6. The highest BCUT2D eigenvalue weighted by atomic mass is 32.2. The van der Waals surface area contributed by atoms with E-state index in [0.29, 0.717) is 5.69 Å². The summed E-state index contributed by atoms with van der Waals surface area (Å²) in [6.45, 7) is 0.619. The molecule has 0 spiro atoms. The Balaban J connectivity index is 1.54. The summed E-state index contributed by atoms with van der Waals surface area (Å²) in [5.74, 6) is -3.99. The van der Waals surface area contributed by atoms with Gasteiger partial charge in [-0.25, -0.2) is 9.10 Å². The summed E-state index contributed by atoms with van der Waals surface area (Å²) >= 11 is 1.05. The van der Waals surface area contributed by atoms with E-state index in [2.05, 4.69) is 38.1 Å². The molecule has 11 N–H and O–H groups in total. The number of amidine groups is 1. The van der Waals surface area contributed by atoms with Crippen LogP contribution in [-0.4, -0.2) is 96.5 Å². The van der Waals surface area contributed by atoms with Crippen LogP contribution in [0.1, 0.15) is 18.2 Å². The standard InChI is InChI=1S/C23H27N11O9S2/c1-23(27)30-14(10-44-23)17(32-43-16(22(37)38)9-42-13-4-2-11(3-5-13)19(25)26)20(35)29-18-15(34(21(18)36)45(39,40)41)8-33-28-7-12(6-24)31-33/h2,4,7,10,15-16,18,30H,6,8-9,24,27H2,1H3,(H3,25,26)(H,29,35)(H,37,38)(H,39,40,41)/b32-17-/t15-,16+,18+,23?/m1/s1. The second kappa shape index (κ2) is 13.0. The fraction of sp³-hybridized carbons (Fsp3) is 0.348. The van der Waals surface area contributed by atoms with E-state index in [1.165, 1.54) is 23.7 Å². The van der Waals surface area contributed by atoms with Crippen molar-refractivity contribution in [3.63, 3.8) is 0 Å². The summed E-state index contributed by atoms with van der Waals surface area (Å²) in [5.41, 5.74) is 17.0. The summed E-state index contributed by atoms with van der Waals surface area (Å²) in [4.78, 5) is 43.1. The minimum absolute atomic E-state index is 0.00778. The van der Waals surface area contributed by atoms with E-state index in [0.717, 1.165) is 16.6 Å². The summed E-state index contributed by atoms with van der Waals surface area (Å²) < 4.78 is 38.9. The number of aliphatic carboxylic acids is 1. The maximum Gasteiger partial charge on any atom is 0.362 e. The van der Waals surface area contributed by atoms with Crippen molar-refractivity contribution in [3.05, 3.63) is 52.8 Å². The minimum Gasteiger partial charge on any atom is -0.481 e. The van der Waals surface area contributed by atoms with Crippen molar-refractivity contribution in [2.24, 2.45) is 22.4 Å². The van der Waals surface area contributed by atoms with Crippen LogP contribution >= 0.6 is 11.8 Å². The van der Waals surface area contributed by atoms with E-state index in [1.54, 1.807) is 6.92 Å². The topological polar surface area (TPSA) is 317 Å². The molecule has 2 aliphatic rings. The molecule has 0 radical (unpaired) electrons. The van der Waals surface area contributed by atoms with E-state index in [4.69, 9.17) is 32.2 Å². The Hall–Kier alpha value is -4.95. The number of carboxylic acid groups (broad SMARTS) is 1. The first-order valence-corrected chi connectivity index (χ1v) is 14.9. The highest BCUT2D eigenvalue weighted by Gasteiger charge is 2.54. The number of carboxylic acids is 1. The van der Waals surface area contributed by atoms with Gasteiger partial charge < -0.3 is 42.5 Å². The first kappa shape index (κ1) is 33.0. The smallest absolute Gasteiger partial charge is 0.362 e. The van der Waals surface area contributed by atoms with Gasteiger partial charge in [-0.3, -0.25) is 19.6 Å². The largest absolute Gasteiger partial charge is 0.481 e. The number of aromatic nitrogens is 3. The Kier molecular flexibility index (Phi) is 9.49. The first-order chi connectivity index (χ1) is 21.1. The lowest BCUT2D eigenvalue weighted by atomic mass is 9.98. The molecule has 2 aromatic rings. The molecule has 240 valence electrons. The molecule has 0 bridgehead atoms. The second-order valence-corrected chi connectivity index (χ2v) is 12.2. The van der Waals surface area contributed by atoms with Gasteiger partial charge in [0.1, 0.15) is 29.5 Å². The number of hydrogen-bond donors (Lipinski definition) is 8. The van der Waals surface area contributed by atoms with Crippen molar-refractivity contribution < 1.29 is 42.0 Å². The maximum atomic E-state index is 13.4. The van der Waals surface area contributed by atoms with E-state index in [-0.39, 0.29) is 40.2 Å². The van der Waals surface area contributed by atoms with Gasteiger partial charge in [0.05, 0.1) is 29.7 Å². The summed E-state index contributed by atoms with van der Waals surface area (Å²) in [5, 5.41) is 35.2. The lowest BCUT2D eigenvalue weighted by Gasteiger charge is -2.43. The lowest BCUT2D eigenvalue weighted by Crippen LogP contribution is -2.73. The summed E-state index contributed by atoms with van der Waals surface area (Å²) in [6, 6.07) is 5.03. The number of nitrogens with two attached hydrogens (primary N) is 3. The monoisotopic (exact) mass is 665 g/mol. The molecular weight excluding hydrogens is 638 g/mol. The van der Waals surface area contributed by atoms with Gasteiger partial charge in [0.15, 0.2) is 11.5 Å². The van der Waals surface area contributed by atoms with Gasteiger partial charge >= 0.3 is 16.3 Å². The second-order valence-electron chi connectivity index (χ2n) is 9.56. The molecule has 1 aromatic heterocycles. The maximum absolute atomic E-state index is 13.4. The van der Waals surface area contributed by atoms with Gasteiger partial charge in [-0.15, -0.1) is 0 Å². The summed E-state index contributed by atoms with van der Waals surface area (Å²) in [6.07, 6.45) is -0.448. The average molecular weight is 666 g/mol. The summed E-state index contributed by atoms with van der Waals surface area (Å²) in [7, 11) is -5.03. The van der Waals surface area contributed by atoms with E-state index in [9.17, 15) is 32.5 Å². The van der Waals surface area contributed by atoms with Gasteiger partial charge in [0.2, 0.25) is 0 Å². The number of oxime groups is 1. The molecule has 4 atom stereocenters. The zero-order chi connectivity index (χ0) is 33.1. The number of carbonyl (C=O) groups excluding carboxylic acids is 2. The van der Waals surface area contributed by atoms with E-state index in [1.807, 2.05) is 0 Å². The fourth-order valence-corrected chi connectivity index (χ4v) is 5.48. The van der Waals surface area contributed by atoms with Crippen LogP contribution in [0.25, 0.3) is 0 Å². The molecule has 2 amide bonds. The molecule has 3 heterocycles. The van der Waals surface area contributed by atoms with Crippen LogP contribution in [0.2, 0.25) is 0 Å². The zero-order valence-corrected chi connectivity index (χ0v) is 24.8. The number of nitrogens with zero attached hydrogens (tertiary/aromatic N) is 5. The number of β-lactam (4-membered cyclic amide) rings is 1. The van der Waals surface area contributed by atoms with Crippen LogP contribution in [0.4, 0.5) is 0 Å². The van der Waals surface area contributed by atoms with Crippen LogP contribution in [0.15, 0.2) is 34.6 Å². The van der Waals surface area contributed by atoms with Crippen LogP contribution in [0.5, 0.6) is 5.75 Å². The fourth-order valence-electron chi connectivity index (χ4n) is 3.91. The number of carbonyl (C=O) groups is 3. The van der Waals surface area contributed by atoms with Gasteiger partial charge in [-0.1, -0.05) is 23.0 Å². The zero-order valence-electron chi connectivity index (χ0n) is 23.2. The van der Waals surface area contributed by atoms with Gasteiger partial charge in [-0.05, 0) is 25.1 Å². The van der Waals surface area contributed by atoms with Crippen molar-refractivity contribution in [1.29, 1.82) is 5.41 Å². The molecule has 0 saturated carbocycles. The SMILES string of the molecule is CC1(N)NC(/C(=N/O[C@@H](COc2c#cc(C(=N)N)cc2)C(=O)O)C(=O)N[C@@H]2C(=O)N(S(=O)(=O)O)[C@@H]2Cn2ncc(CN)n2)=CS1. The Morgan fingerprint density at radius 1 is 1.38 bits per heavy atom. The van der Waals surface area contributed by atoms with Gasteiger partial charge in [0.25, 0.3) is 17.9 Å². The molecule has 1 aromatic carbocycles. The highest BCUT2D eigenvalue weighted by molar-refractivity contribution is 8.03. The molecule has 0 aliphatic carbocycles. The predicted molar refractivity (Wildman–Crippen MR) is 154 cm³/mol. The number of thioether (sulfide) groups is 1. The molecule has 1 unspecified atom stereocenters. The van der Waals surface area contributed by atoms with E-state index < -0.39 is 63.6 Å². The number of nitrogens with one attached hydrogen (secondary N) is 3. The molecule has 2 aliphatic heterocycles. The van der Waals surface area contributed by atoms with Crippen LogP contribution in [-0.2, 0) is 42.6 Å². The number of rotatable bonds is 14. The van der Waals surface area contributed by atoms with Crippen molar-refractivity contribution in [2.45, 2.75) is 43.2 Å². The van der Waals surface area contributed by atoms with Crippen molar-refractivity contribution in [2.75, 3.05) is 6.61 Å². The molecular formula is C23H27N11O9S2. The van der Waals surface area contributed by atoms with E-state index >= 15 is 0 Å². The van der Waals surface area contributed by atoms with Crippen molar-refractivity contribution in [3.8, 4) is 5.75 Å². The van der Waals surface area contributed by atoms with Crippen molar-refractivity contribution in [1.82, 2.24) is 29.9 Å².